The minimum Gasteiger partial charge on any atom is -0.462 e. The van der Waals surface area contributed by atoms with Crippen LogP contribution in [-0.4, -0.2) is 25.2 Å². The van der Waals surface area contributed by atoms with Crippen LogP contribution in [-0.2, 0) is 9.47 Å². The summed E-state index contributed by atoms with van der Waals surface area (Å²) in [5.41, 5.74) is 2.07. The Bertz CT molecular complexity index is 722. The Labute approximate surface area is 155 Å². The van der Waals surface area contributed by atoms with Crippen LogP contribution in [0.1, 0.15) is 60.2 Å². The summed E-state index contributed by atoms with van der Waals surface area (Å²) in [6.07, 6.45) is 3.44. The number of esters is 2. The molecule has 138 valence electrons. The van der Waals surface area contributed by atoms with Gasteiger partial charge in [-0.3, -0.25) is 0 Å². The molecule has 0 heterocycles. The van der Waals surface area contributed by atoms with Gasteiger partial charge >= 0.3 is 11.9 Å². The van der Waals surface area contributed by atoms with E-state index in [4.69, 9.17) is 9.47 Å². The van der Waals surface area contributed by atoms with Crippen molar-refractivity contribution < 1.29 is 19.1 Å². The van der Waals surface area contributed by atoms with E-state index >= 15 is 0 Å². The maximum absolute atomic E-state index is 12.7. The molecule has 0 fully saturated rings. The van der Waals surface area contributed by atoms with Gasteiger partial charge in [0, 0.05) is 0 Å². The number of carbonyl (C=O) groups excluding carboxylic acids is 2. The molecule has 4 heteroatoms. The van der Waals surface area contributed by atoms with Crippen molar-refractivity contribution in [2.75, 3.05) is 13.2 Å². The largest absolute Gasteiger partial charge is 0.462 e. The van der Waals surface area contributed by atoms with Gasteiger partial charge < -0.3 is 9.47 Å². The molecule has 0 atom stereocenters. The van der Waals surface area contributed by atoms with Crippen LogP contribution in [0, 0.1) is 0 Å². The van der Waals surface area contributed by atoms with Crippen molar-refractivity contribution in [3.05, 3.63) is 59.7 Å². The van der Waals surface area contributed by atoms with Crippen molar-refractivity contribution in [3.63, 3.8) is 0 Å². The fraction of sp³-hybridized carbons (Fsp3) is 0.364. The van der Waals surface area contributed by atoms with Gasteiger partial charge in [0.2, 0.25) is 0 Å². The van der Waals surface area contributed by atoms with E-state index in [0.29, 0.717) is 18.8 Å². The lowest BCUT2D eigenvalue weighted by molar-refractivity contribution is 0.0453. The van der Waals surface area contributed by atoms with Crippen molar-refractivity contribution in [2.45, 2.75) is 39.5 Å². The Morgan fingerprint density at radius 3 is 2.00 bits per heavy atom. The fourth-order valence-electron chi connectivity index (χ4n) is 2.57. The minimum absolute atomic E-state index is 0.254. The summed E-state index contributed by atoms with van der Waals surface area (Å²) in [6, 6.07) is 14.7. The Hall–Kier alpha value is -2.62. The van der Waals surface area contributed by atoms with Gasteiger partial charge in [-0.15, -0.1) is 0 Å². The molecule has 0 aliphatic rings. The lowest BCUT2D eigenvalue weighted by Crippen LogP contribution is -2.16. The molecule has 0 aromatic heterocycles. The Morgan fingerprint density at radius 2 is 1.38 bits per heavy atom. The highest BCUT2D eigenvalue weighted by atomic mass is 16.5. The van der Waals surface area contributed by atoms with E-state index in [9.17, 15) is 9.59 Å². The standard InChI is InChI=1S/C22H26O4/c1-3-5-15-25-21(23)19-14-10-13-18(17-11-8-7-9-12-17)20(19)22(24)26-16-6-4-2/h7-14H,3-6,15-16H2,1-2H3. The van der Waals surface area contributed by atoms with Gasteiger partial charge in [-0.05, 0) is 30.0 Å². The third kappa shape index (κ3) is 5.19. The van der Waals surface area contributed by atoms with E-state index in [1.807, 2.05) is 50.2 Å². The molecule has 26 heavy (non-hydrogen) atoms. The number of benzene rings is 2. The number of hydrogen-bond acceptors (Lipinski definition) is 4. The van der Waals surface area contributed by atoms with Crippen molar-refractivity contribution in [3.8, 4) is 11.1 Å². The van der Waals surface area contributed by atoms with E-state index in [-0.39, 0.29) is 11.1 Å². The van der Waals surface area contributed by atoms with Gasteiger partial charge in [0.1, 0.15) is 0 Å². The number of carbonyl (C=O) groups is 2. The van der Waals surface area contributed by atoms with E-state index in [1.165, 1.54) is 0 Å². The molecule has 0 saturated carbocycles. The second kappa shape index (κ2) is 10.4. The van der Waals surface area contributed by atoms with E-state index in [0.717, 1.165) is 31.2 Å². The molecule has 4 nitrogen and oxygen atoms in total. The molecule has 0 aliphatic heterocycles. The molecule has 2 rings (SSSR count). The van der Waals surface area contributed by atoms with E-state index in [1.54, 1.807) is 12.1 Å². The molecule has 2 aromatic rings. The summed E-state index contributed by atoms with van der Waals surface area (Å²) >= 11 is 0. The van der Waals surface area contributed by atoms with Crippen molar-refractivity contribution in [1.29, 1.82) is 0 Å². The van der Waals surface area contributed by atoms with Crippen LogP contribution in [0.3, 0.4) is 0 Å². The van der Waals surface area contributed by atoms with Crippen LogP contribution in [0.15, 0.2) is 48.5 Å². The van der Waals surface area contributed by atoms with Crippen molar-refractivity contribution in [1.82, 2.24) is 0 Å². The number of rotatable bonds is 9. The molecule has 0 aliphatic carbocycles. The third-order valence-electron chi connectivity index (χ3n) is 4.04. The molecule has 0 bridgehead atoms. The quantitative estimate of drug-likeness (QED) is 0.455. The minimum atomic E-state index is -0.487. The van der Waals surface area contributed by atoms with Gasteiger partial charge in [0.05, 0.1) is 24.3 Å². The normalized spacial score (nSPS) is 10.4. The summed E-state index contributed by atoms with van der Waals surface area (Å²) in [6.45, 7) is 4.74. The van der Waals surface area contributed by atoms with Crippen LogP contribution in [0.2, 0.25) is 0 Å². The van der Waals surface area contributed by atoms with E-state index in [2.05, 4.69) is 0 Å². The van der Waals surface area contributed by atoms with Crippen LogP contribution >= 0.6 is 0 Å². The zero-order valence-electron chi connectivity index (χ0n) is 15.5. The highest BCUT2D eigenvalue weighted by Gasteiger charge is 2.23. The molecule has 2 aromatic carbocycles. The summed E-state index contributed by atoms with van der Waals surface area (Å²) in [5.74, 6) is -0.973. The zero-order valence-corrected chi connectivity index (χ0v) is 15.5. The Morgan fingerprint density at radius 1 is 0.769 bits per heavy atom. The summed E-state index contributed by atoms with van der Waals surface area (Å²) in [4.78, 5) is 25.3. The SMILES string of the molecule is CCCCOC(=O)c1cccc(-c2ccccc2)c1C(=O)OCCCC. The first-order valence-electron chi connectivity index (χ1n) is 9.21. The fourth-order valence-corrected chi connectivity index (χ4v) is 2.57. The van der Waals surface area contributed by atoms with Crippen LogP contribution in [0.25, 0.3) is 11.1 Å². The van der Waals surface area contributed by atoms with Crippen LogP contribution in [0.4, 0.5) is 0 Å². The van der Waals surface area contributed by atoms with E-state index < -0.39 is 11.9 Å². The topological polar surface area (TPSA) is 52.6 Å². The van der Waals surface area contributed by atoms with Crippen LogP contribution in [0.5, 0.6) is 0 Å². The lowest BCUT2D eigenvalue weighted by Gasteiger charge is -2.14. The Kier molecular flexibility index (Phi) is 7.87. The lowest BCUT2D eigenvalue weighted by atomic mass is 9.95. The number of hydrogen-bond donors (Lipinski definition) is 0. The zero-order chi connectivity index (χ0) is 18.8. The predicted octanol–water partition coefficient (Wildman–Crippen LogP) is 5.27. The maximum atomic E-state index is 12.7. The van der Waals surface area contributed by atoms with Gasteiger partial charge in [-0.25, -0.2) is 9.59 Å². The molecular formula is C22H26O4. The predicted molar refractivity (Wildman–Crippen MR) is 102 cm³/mol. The molecule has 0 saturated heterocycles. The van der Waals surface area contributed by atoms with Gasteiger partial charge in [0.25, 0.3) is 0 Å². The molecule has 0 N–H and O–H groups in total. The summed E-state index contributed by atoms with van der Waals surface area (Å²) in [5, 5.41) is 0. The molecule has 0 spiro atoms. The van der Waals surface area contributed by atoms with Crippen molar-refractivity contribution >= 4 is 11.9 Å². The van der Waals surface area contributed by atoms with Gasteiger partial charge in [-0.2, -0.15) is 0 Å². The number of ether oxygens (including phenoxy) is 2. The van der Waals surface area contributed by atoms with Crippen molar-refractivity contribution in [2.24, 2.45) is 0 Å². The maximum Gasteiger partial charge on any atom is 0.339 e. The smallest absolute Gasteiger partial charge is 0.339 e. The second-order valence-corrected chi connectivity index (χ2v) is 6.07. The monoisotopic (exact) mass is 354 g/mol. The second-order valence-electron chi connectivity index (χ2n) is 6.07. The first-order valence-corrected chi connectivity index (χ1v) is 9.21. The molecule has 0 unspecified atom stereocenters. The highest BCUT2D eigenvalue weighted by Crippen LogP contribution is 2.28. The highest BCUT2D eigenvalue weighted by molar-refractivity contribution is 6.07. The number of unbranched alkanes of at least 4 members (excludes halogenated alkanes) is 2. The summed E-state index contributed by atoms with van der Waals surface area (Å²) < 4.78 is 10.7. The molecular weight excluding hydrogens is 328 g/mol. The first-order chi connectivity index (χ1) is 12.7. The van der Waals surface area contributed by atoms with Crippen LogP contribution < -0.4 is 0 Å². The average molecular weight is 354 g/mol. The third-order valence-corrected chi connectivity index (χ3v) is 4.04. The summed E-state index contributed by atoms with van der Waals surface area (Å²) in [7, 11) is 0. The Balaban J connectivity index is 2.40. The first kappa shape index (κ1) is 19.7. The average Bonchev–Trinajstić information content (AvgIpc) is 2.68. The molecule has 0 amide bonds. The van der Waals surface area contributed by atoms with Gasteiger partial charge in [0.15, 0.2) is 0 Å². The molecule has 0 radical (unpaired) electrons. The van der Waals surface area contributed by atoms with Gasteiger partial charge in [-0.1, -0.05) is 69.2 Å².